The van der Waals surface area contributed by atoms with E-state index < -0.39 is 0 Å². The summed E-state index contributed by atoms with van der Waals surface area (Å²) in [5.41, 5.74) is 1.86. The van der Waals surface area contributed by atoms with Gasteiger partial charge in [-0.25, -0.2) is 0 Å². The smallest absolute Gasteiger partial charge is 0.233 e. The monoisotopic (exact) mass is 217 g/mol. The molecule has 16 heavy (non-hydrogen) atoms. The van der Waals surface area contributed by atoms with E-state index in [1.807, 2.05) is 13.0 Å². The van der Waals surface area contributed by atoms with Gasteiger partial charge >= 0.3 is 0 Å². The minimum Gasteiger partial charge on any atom is -0.477 e. The fourth-order valence-corrected chi connectivity index (χ4v) is 1.22. The van der Waals surface area contributed by atoms with Crippen molar-refractivity contribution in [2.24, 2.45) is 4.99 Å². The Kier molecular flexibility index (Phi) is 5.00. The zero-order valence-corrected chi connectivity index (χ0v) is 9.60. The topological polar surface area (TPSA) is 58.3 Å². The summed E-state index contributed by atoms with van der Waals surface area (Å²) < 4.78 is 5.40. The van der Waals surface area contributed by atoms with E-state index in [2.05, 4.69) is 16.9 Å². The van der Waals surface area contributed by atoms with Crippen LogP contribution in [0.4, 0.5) is 0 Å². The Morgan fingerprint density at radius 3 is 2.94 bits per heavy atom. The van der Waals surface area contributed by atoms with Crippen molar-refractivity contribution in [3.05, 3.63) is 29.6 Å². The maximum Gasteiger partial charge on any atom is 0.233 e. The van der Waals surface area contributed by atoms with Gasteiger partial charge in [0.15, 0.2) is 0 Å². The molecule has 0 N–H and O–H groups in total. The van der Waals surface area contributed by atoms with E-state index in [0.29, 0.717) is 12.5 Å². The lowest BCUT2D eigenvalue weighted by molar-refractivity contribution is 0.306. The lowest BCUT2D eigenvalue weighted by Gasteiger charge is -2.07. The lowest BCUT2D eigenvalue weighted by atomic mass is 10.1. The van der Waals surface area contributed by atoms with Crippen LogP contribution in [-0.2, 0) is 11.2 Å². The maximum absolute atomic E-state index is 8.59. The van der Waals surface area contributed by atoms with Gasteiger partial charge in [0.1, 0.15) is 0 Å². The third kappa shape index (κ3) is 3.35. The van der Waals surface area contributed by atoms with Crippen LogP contribution in [0.5, 0.6) is 0 Å². The van der Waals surface area contributed by atoms with E-state index in [0.717, 1.165) is 24.0 Å². The number of ether oxygens (including phenoxy) is 1. The van der Waals surface area contributed by atoms with Crippen LogP contribution < -0.4 is 0 Å². The van der Waals surface area contributed by atoms with Gasteiger partial charge in [0.05, 0.1) is 12.2 Å². The number of hydrogen-bond donors (Lipinski definition) is 0. The Hall–Kier alpha value is -1.89. The molecule has 0 saturated heterocycles. The standard InChI is InChI=1S/C12H15N3O/c1-3-5-16-12(15-9-13)11-6-10(4-2)7-14-8-11/h6-8H,3-5H2,1-2H3/b15-12-. The summed E-state index contributed by atoms with van der Waals surface area (Å²) >= 11 is 0. The molecule has 0 saturated carbocycles. The summed E-state index contributed by atoms with van der Waals surface area (Å²) in [6.07, 6.45) is 6.98. The molecule has 0 amide bonds. The van der Waals surface area contributed by atoms with E-state index in [4.69, 9.17) is 10.00 Å². The molecule has 1 rings (SSSR count). The zero-order chi connectivity index (χ0) is 11.8. The molecule has 0 spiro atoms. The van der Waals surface area contributed by atoms with Crippen molar-refractivity contribution in [2.75, 3.05) is 6.61 Å². The Balaban J connectivity index is 2.93. The molecule has 1 aromatic rings. The maximum atomic E-state index is 8.59. The van der Waals surface area contributed by atoms with E-state index in [9.17, 15) is 0 Å². The number of hydrogen-bond acceptors (Lipinski definition) is 4. The number of aryl methyl sites for hydroxylation is 1. The summed E-state index contributed by atoms with van der Waals surface area (Å²) in [5, 5.41) is 8.59. The highest BCUT2D eigenvalue weighted by Crippen LogP contribution is 2.06. The van der Waals surface area contributed by atoms with Crippen LogP contribution in [0, 0.1) is 11.5 Å². The molecular formula is C12H15N3O. The van der Waals surface area contributed by atoms with Crippen LogP contribution >= 0.6 is 0 Å². The molecule has 0 bridgehead atoms. The Morgan fingerprint density at radius 2 is 2.31 bits per heavy atom. The summed E-state index contributed by atoms with van der Waals surface area (Å²) in [5.74, 6) is 0.354. The molecule has 0 aromatic carbocycles. The predicted octanol–water partition coefficient (Wildman–Crippen LogP) is 2.30. The van der Waals surface area contributed by atoms with Crippen LogP contribution in [0.3, 0.4) is 0 Å². The van der Waals surface area contributed by atoms with Crippen molar-refractivity contribution in [3.63, 3.8) is 0 Å². The second kappa shape index (κ2) is 6.57. The van der Waals surface area contributed by atoms with Gasteiger partial charge in [-0.15, -0.1) is 4.99 Å². The first-order valence-electron chi connectivity index (χ1n) is 5.35. The SMILES string of the molecule is CCCO/C(=N\C#N)c1cncc(CC)c1. The number of nitrogens with zero attached hydrogens (tertiary/aromatic N) is 3. The van der Waals surface area contributed by atoms with Crippen LogP contribution in [-0.4, -0.2) is 17.5 Å². The van der Waals surface area contributed by atoms with E-state index in [-0.39, 0.29) is 0 Å². The number of aromatic nitrogens is 1. The molecule has 4 nitrogen and oxygen atoms in total. The van der Waals surface area contributed by atoms with Gasteiger partial charge in [0, 0.05) is 12.4 Å². The lowest BCUT2D eigenvalue weighted by Crippen LogP contribution is -2.08. The van der Waals surface area contributed by atoms with Gasteiger partial charge in [-0.3, -0.25) is 4.98 Å². The minimum atomic E-state index is 0.354. The van der Waals surface area contributed by atoms with Crippen LogP contribution in [0.1, 0.15) is 31.4 Å². The molecule has 0 atom stereocenters. The molecule has 0 fully saturated rings. The van der Waals surface area contributed by atoms with Crippen molar-refractivity contribution < 1.29 is 4.74 Å². The molecule has 0 aliphatic rings. The first-order chi connectivity index (χ1) is 7.81. The molecule has 0 aliphatic heterocycles. The van der Waals surface area contributed by atoms with Crippen molar-refractivity contribution in [1.29, 1.82) is 5.26 Å². The van der Waals surface area contributed by atoms with Crippen LogP contribution in [0.15, 0.2) is 23.5 Å². The average Bonchev–Trinajstić information content (AvgIpc) is 2.34. The number of aliphatic imine (C=N–C) groups is 1. The molecule has 0 aliphatic carbocycles. The third-order valence-corrected chi connectivity index (χ3v) is 2.04. The number of nitriles is 1. The first-order valence-corrected chi connectivity index (χ1v) is 5.35. The van der Waals surface area contributed by atoms with Gasteiger partial charge in [0.25, 0.3) is 0 Å². The Bertz CT molecular complexity index is 407. The van der Waals surface area contributed by atoms with Crippen LogP contribution in [0.2, 0.25) is 0 Å². The Labute approximate surface area is 95.6 Å². The molecule has 0 unspecified atom stereocenters. The van der Waals surface area contributed by atoms with Crippen molar-refractivity contribution >= 4 is 5.90 Å². The first kappa shape index (κ1) is 12.2. The molecular weight excluding hydrogens is 202 g/mol. The molecule has 84 valence electrons. The van der Waals surface area contributed by atoms with E-state index in [1.165, 1.54) is 0 Å². The predicted molar refractivity (Wildman–Crippen MR) is 62.0 cm³/mol. The Morgan fingerprint density at radius 1 is 1.50 bits per heavy atom. The quantitative estimate of drug-likeness (QED) is 0.441. The largest absolute Gasteiger partial charge is 0.477 e. The molecule has 1 heterocycles. The zero-order valence-electron chi connectivity index (χ0n) is 9.60. The summed E-state index contributed by atoms with van der Waals surface area (Å²) in [6.45, 7) is 4.61. The highest BCUT2D eigenvalue weighted by molar-refractivity contribution is 5.94. The van der Waals surface area contributed by atoms with Crippen molar-refractivity contribution in [1.82, 2.24) is 4.98 Å². The van der Waals surface area contributed by atoms with E-state index >= 15 is 0 Å². The van der Waals surface area contributed by atoms with Crippen LogP contribution in [0.25, 0.3) is 0 Å². The van der Waals surface area contributed by atoms with Gasteiger partial charge in [0.2, 0.25) is 12.1 Å². The number of pyridine rings is 1. The highest BCUT2D eigenvalue weighted by atomic mass is 16.5. The normalized spacial score (nSPS) is 10.9. The van der Waals surface area contributed by atoms with Gasteiger partial charge < -0.3 is 4.74 Å². The van der Waals surface area contributed by atoms with Crippen molar-refractivity contribution in [3.8, 4) is 6.19 Å². The third-order valence-electron chi connectivity index (χ3n) is 2.04. The van der Waals surface area contributed by atoms with Gasteiger partial charge in [-0.1, -0.05) is 13.8 Å². The minimum absolute atomic E-state index is 0.354. The average molecular weight is 217 g/mol. The second-order valence-corrected chi connectivity index (χ2v) is 3.30. The fraction of sp³-hybridized carbons (Fsp3) is 0.417. The summed E-state index contributed by atoms with van der Waals surface area (Å²) in [4.78, 5) is 7.76. The van der Waals surface area contributed by atoms with Gasteiger partial charge in [-0.05, 0) is 24.5 Å². The van der Waals surface area contributed by atoms with Gasteiger partial charge in [-0.2, -0.15) is 5.26 Å². The molecule has 1 aromatic heterocycles. The summed E-state index contributed by atoms with van der Waals surface area (Å²) in [7, 11) is 0. The second-order valence-electron chi connectivity index (χ2n) is 3.30. The molecule has 4 heteroatoms. The molecule has 0 radical (unpaired) electrons. The summed E-state index contributed by atoms with van der Waals surface area (Å²) in [6, 6.07) is 1.94. The number of rotatable bonds is 4. The fourth-order valence-electron chi connectivity index (χ4n) is 1.22. The van der Waals surface area contributed by atoms with E-state index in [1.54, 1.807) is 18.6 Å². The highest BCUT2D eigenvalue weighted by Gasteiger charge is 2.06. The van der Waals surface area contributed by atoms with Crippen molar-refractivity contribution in [2.45, 2.75) is 26.7 Å².